The molecular formula is C20H26N2O2S. The van der Waals surface area contributed by atoms with Crippen molar-refractivity contribution < 1.29 is 9.59 Å². The average Bonchev–Trinajstić information content (AvgIpc) is 2.91. The Balaban J connectivity index is 2.06. The van der Waals surface area contributed by atoms with Gasteiger partial charge in [0.25, 0.3) is 5.91 Å². The predicted molar refractivity (Wildman–Crippen MR) is 105 cm³/mol. The Hall–Kier alpha value is -2.14. The Morgan fingerprint density at radius 3 is 2.16 bits per heavy atom. The number of aryl methyl sites for hydroxylation is 5. The van der Waals surface area contributed by atoms with Crippen LogP contribution in [-0.4, -0.2) is 30.3 Å². The molecule has 0 aliphatic heterocycles. The molecule has 0 radical (unpaired) electrons. The molecule has 0 unspecified atom stereocenters. The lowest BCUT2D eigenvalue weighted by molar-refractivity contribution is -0.116. The molecule has 2 amide bonds. The summed E-state index contributed by atoms with van der Waals surface area (Å²) >= 11 is 1.51. The molecule has 25 heavy (non-hydrogen) atoms. The van der Waals surface area contributed by atoms with Crippen LogP contribution in [-0.2, 0) is 11.2 Å². The maximum absolute atomic E-state index is 12.5. The summed E-state index contributed by atoms with van der Waals surface area (Å²) in [4.78, 5) is 28.3. The number of nitrogens with zero attached hydrogens (tertiary/aromatic N) is 1. The molecule has 134 valence electrons. The second-order valence-corrected chi connectivity index (χ2v) is 7.69. The number of thiophene rings is 1. The molecular weight excluding hydrogens is 332 g/mol. The first-order valence-electron chi connectivity index (χ1n) is 8.45. The van der Waals surface area contributed by atoms with Crippen molar-refractivity contribution in [2.45, 2.75) is 41.0 Å². The van der Waals surface area contributed by atoms with Crippen molar-refractivity contribution in [2.75, 3.05) is 18.9 Å². The molecule has 1 aromatic heterocycles. The number of carbonyl (C=O) groups is 2. The number of hydrogen-bond donors (Lipinski definition) is 1. The maximum Gasteiger partial charge on any atom is 0.264 e. The third-order valence-electron chi connectivity index (χ3n) is 4.22. The summed E-state index contributed by atoms with van der Waals surface area (Å²) in [7, 11) is 1.66. The van der Waals surface area contributed by atoms with Crippen LogP contribution in [0.15, 0.2) is 18.2 Å². The summed E-state index contributed by atoms with van der Waals surface area (Å²) in [6, 6.07) is 5.99. The number of anilines is 1. The van der Waals surface area contributed by atoms with E-state index in [-0.39, 0.29) is 18.4 Å². The van der Waals surface area contributed by atoms with E-state index in [9.17, 15) is 9.59 Å². The van der Waals surface area contributed by atoms with Crippen molar-refractivity contribution in [1.29, 1.82) is 0 Å². The summed E-state index contributed by atoms with van der Waals surface area (Å²) in [5, 5.41) is 2.94. The number of amides is 2. The van der Waals surface area contributed by atoms with E-state index >= 15 is 0 Å². The predicted octanol–water partition coefficient (Wildman–Crippen LogP) is 4.25. The summed E-state index contributed by atoms with van der Waals surface area (Å²) in [5.41, 5.74) is 5.19. The highest BCUT2D eigenvalue weighted by atomic mass is 32.1. The average molecular weight is 359 g/mol. The van der Waals surface area contributed by atoms with E-state index < -0.39 is 0 Å². The van der Waals surface area contributed by atoms with Crippen molar-refractivity contribution in [2.24, 2.45) is 0 Å². The zero-order valence-electron chi connectivity index (χ0n) is 15.8. The lowest BCUT2D eigenvalue weighted by Crippen LogP contribution is -2.34. The minimum Gasteiger partial charge on any atom is -0.332 e. The van der Waals surface area contributed by atoms with Crippen molar-refractivity contribution in [3.8, 4) is 0 Å². The Labute approximate surface area is 153 Å². The fourth-order valence-corrected chi connectivity index (χ4v) is 4.12. The minimum atomic E-state index is -0.185. The minimum absolute atomic E-state index is 0.0317. The number of nitrogens with one attached hydrogen (secondary N) is 1. The normalized spacial score (nSPS) is 10.6. The van der Waals surface area contributed by atoms with Crippen LogP contribution in [0.2, 0.25) is 0 Å². The van der Waals surface area contributed by atoms with Gasteiger partial charge in [0.05, 0.1) is 11.4 Å². The van der Waals surface area contributed by atoms with Crippen molar-refractivity contribution >= 4 is 28.8 Å². The Kier molecular flexibility index (Phi) is 6.01. The molecule has 0 bridgehead atoms. The van der Waals surface area contributed by atoms with Gasteiger partial charge in [-0.05, 0) is 56.9 Å². The fraction of sp³-hybridized carbons (Fsp3) is 0.400. The number of benzene rings is 1. The van der Waals surface area contributed by atoms with Gasteiger partial charge in [-0.1, -0.05) is 24.6 Å². The van der Waals surface area contributed by atoms with Gasteiger partial charge >= 0.3 is 0 Å². The molecule has 0 fully saturated rings. The third kappa shape index (κ3) is 4.48. The molecule has 1 heterocycles. The second-order valence-electron chi connectivity index (χ2n) is 6.55. The molecule has 2 rings (SSSR count). The van der Waals surface area contributed by atoms with Crippen LogP contribution in [0, 0.1) is 27.7 Å². The van der Waals surface area contributed by atoms with Crippen LogP contribution in [0.4, 0.5) is 5.69 Å². The smallest absolute Gasteiger partial charge is 0.264 e. The fourth-order valence-electron chi connectivity index (χ4n) is 3.01. The third-order valence-corrected chi connectivity index (χ3v) is 5.59. The lowest BCUT2D eigenvalue weighted by Gasteiger charge is -2.18. The van der Waals surface area contributed by atoms with E-state index in [0.29, 0.717) is 4.88 Å². The van der Waals surface area contributed by atoms with Gasteiger partial charge in [-0.2, -0.15) is 0 Å². The summed E-state index contributed by atoms with van der Waals surface area (Å²) < 4.78 is 0. The lowest BCUT2D eigenvalue weighted by atomic mass is 10.1. The van der Waals surface area contributed by atoms with Crippen molar-refractivity contribution in [3.05, 3.63) is 50.2 Å². The first-order chi connectivity index (χ1) is 11.7. The van der Waals surface area contributed by atoms with E-state index in [1.807, 2.05) is 45.9 Å². The zero-order chi connectivity index (χ0) is 18.7. The van der Waals surface area contributed by atoms with Crippen LogP contribution >= 0.6 is 11.3 Å². The molecule has 1 aromatic carbocycles. The van der Waals surface area contributed by atoms with Gasteiger partial charge in [-0.15, -0.1) is 11.3 Å². The molecule has 0 aliphatic rings. The standard InChI is InChI=1S/C20H26N2O2S/c1-7-16-13(3)10-17(25-16)20(24)22(6)11-18(23)21-19-14(4)8-12(2)9-15(19)5/h8-10H,7,11H2,1-6H3,(H,21,23). The molecule has 4 nitrogen and oxygen atoms in total. The number of carbonyl (C=O) groups excluding carboxylic acids is 2. The Morgan fingerprint density at radius 1 is 1.04 bits per heavy atom. The van der Waals surface area contributed by atoms with E-state index in [1.54, 1.807) is 7.05 Å². The Morgan fingerprint density at radius 2 is 1.64 bits per heavy atom. The summed E-state index contributed by atoms with van der Waals surface area (Å²) in [5.74, 6) is -0.296. The zero-order valence-corrected chi connectivity index (χ0v) is 16.6. The monoisotopic (exact) mass is 358 g/mol. The molecule has 1 N–H and O–H groups in total. The number of likely N-dealkylation sites (N-methyl/N-ethyl adjacent to an activating group) is 1. The van der Waals surface area contributed by atoms with Gasteiger partial charge in [0.2, 0.25) is 5.91 Å². The molecule has 0 spiro atoms. The van der Waals surface area contributed by atoms with Crippen molar-refractivity contribution in [1.82, 2.24) is 4.90 Å². The van der Waals surface area contributed by atoms with E-state index in [2.05, 4.69) is 12.2 Å². The molecule has 0 saturated carbocycles. The topological polar surface area (TPSA) is 49.4 Å². The van der Waals surface area contributed by atoms with Gasteiger partial charge in [-0.25, -0.2) is 0 Å². The highest BCUT2D eigenvalue weighted by molar-refractivity contribution is 7.14. The first kappa shape index (κ1) is 19.2. The molecule has 0 atom stereocenters. The number of rotatable bonds is 5. The van der Waals surface area contributed by atoms with Crippen LogP contribution in [0.3, 0.4) is 0 Å². The van der Waals surface area contributed by atoms with E-state index in [0.717, 1.165) is 28.8 Å². The molecule has 0 aliphatic carbocycles. The van der Waals surface area contributed by atoms with Gasteiger partial charge in [0.15, 0.2) is 0 Å². The first-order valence-corrected chi connectivity index (χ1v) is 9.27. The highest BCUT2D eigenvalue weighted by Gasteiger charge is 2.19. The van der Waals surface area contributed by atoms with Crippen LogP contribution in [0.5, 0.6) is 0 Å². The largest absolute Gasteiger partial charge is 0.332 e. The molecule has 0 saturated heterocycles. The maximum atomic E-state index is 12.5. The Bertz CT molecular complexity index is 785. The van der Waals surface area contributed by atoms with E-state index in [1.165, 1.54) is 26.7 Å². The van der Waals surface area contributed by atoms with Crippen LogP contribution in [0.1, 0.15) is 43.7 Å². The van der Waals surface area contributed by atoms with Crippen LogP contribution in [0.25, 0.3) is 0 Å². The number of hydrogen-bond acceptors (Lipinski definition) is 3. The van der Waals surface area contributed by atoms with Crippen LogP contribution < -0.4 is 5.32 Å². The van der Waals surface area contributed by atoms with Gasteiger partial charge < -0.3 is 10.2 Å². The van der Waals surface area contributed by atoms with E-state index in [4.69, 9.17) is 0 Å². The van der Waals surface area contributed by atoms with Gasteiger partial charge in [0.1, 0.15) is 0 Å². The summed E-state index contributed by atoms with van der Waals surface area (Å²) in [6.07, 6.45) is 0.917. The quantitative estimate of drug-likeness (QED) is 0.868. The highest BCUT2D eigenvalue weighted by Crippen LogP contribution is 2.24. The van der Waals surface area contributed by atoms with Gasteiger partial charge in [0, 0.05) is 17.6 Å². The SMILES string of the molecule is CCc1sc(C(=O)N(C)CC(=O)Nc2c(C)cc(C)cc2C)cc1C. The second kappa shape index (κ2) is 7.83. The molecule has 5 heteroatoms. The van der Waals surface area contributed by atoms with Gasteiger partial charge in [-0.3, -0.25) is 9.59 Å². The molecule has 2 aromatic rings. The summed E-state index contributed by atoms with van der Waals surface area (Å²) in [6.45, 7) is 10.1. The van der Waals surface area contributed by atoms with Crippen molar-refractivity contribution in [3.63, 3.8) is 0 Å².